The van der Waals surface area contributed by atoms with Gasteiger partial charge in [-0.05, 0) is 24.0 Å². The third-order valence-electron chi connectivity index (χ3n) is 6.53. The van der Waals surface area contributed by atoms with E-state index in [0.717, 1.165) is 16.7 Å². The second-order valence-corrected chi connectivity index (χ2v) is 7.87. The summed E-state index contributed by atoms with van der Waals surface area (Å²) in [4.78, 5) is 12.1. The first-order valence-corrected chi connectivity index (χ1v) is 8.35. The van der Waals surface area contributed by atoms with Crippen molar-refractivity contribution in [1.82, 2.24) is 0 Å². The van der Waals surface area contributed by atoms with E-state index in [1.54, 1.807) is 0 Å². The zero-order valence-electron chi connectivity index (χ0n) is 14.3. The van der Waals surface area contributed by atoms with Crippen molar-refractivity contribution in [1.29, 1.82) is 0 Å². The smallest absolute Gasteiger partial charge is 0.422 e. The number of ether oxygens (including phenoxy) is 2. The highest BCUT2D eigenvalue weighted by Gasteiger charge is 2.69. The van der Waals surface area contributed by atoms with Crippen LogP contribution in [-0.4, -0.2) is 16.9 Å². The number of hydrogen-bond donors (Lipinski definition) is 1. The van der Waals surface area contributed by atoms with Gasteiger partial charge in [0.05, 0.1) is 6.10 Å². The minimum atomic E-state index is -0.806. The van der Waals surface area contributed by atoms with Gasteiger partial charge in [0, 0.05) is 16.4 Å². The summed E-state index contributed by atoms with van der Waals surface area (Å²) in [5.74, 6) is 0. The molecule has 24 heavy (non-hydrogen) atoms. The first-order chi connectivity index (χ1) is 11.3. The van der Waals surface area contributed by atoms with Gasteiger partial charge in [-0.25, -0.2) is 4.79 Å². The van der Waals surface area contributed by atoms with Crippen LogP contribution in [0.2, 0.25) is 0 Å². The molecule has 1 saturated carbocycles. The Kier molecular flexibility index (Phi) is 2.92. The van der Waals surface area contributed by atoms with Crippen molar-refractivity contribution in [3.8, 4) is 0 Å². The van der Waals surface area contributed by atoms with Crippen LogP contribution in [0.3, 0.4) is 0 Å². The van der Waals surface area contributed by atoms with E-state index in [4.69, 9.17) is 9.47 Å². The summed E-state index contributed by atoms with van der Waals surface area (Å²) in [6.45, 7) is 10.0. The number of carbonyl (C=O) groups excluding carboxylic acids is 1. The van der Waals surface area contributed by atoms with E-state index in [9.17, 15) is 9.90 Å². The van der Waals surface area contributed by atoms with E-state index < -0.39 is 34.8 Å². The molecule has 1 spiro atoms. The van der Waals surface area contributed by atoms with Gasteiger partial charge in [-0.15, -0.1) is 5.73 Å². The second kappa shape index (κ2) is 4.53. The molecule has 0 unspecified atom stereocenters. The van der Waals surface area contributed by atoms with Crippen LogP contribution in [0.25, 0.3) is 0 Å². The molecule has 1 aromatic carbocycles. The van der Waals surface area contributed by atoms with Crippen LogP contribution in [0, 0.1) is 10.8 Å². The molecule has 0 aromatic heterocycles. The first kappa shape index (κ1) is 15.5. The summed E-state index contributed by atoms with van der Waals surface area (Å²) < 4.78 is 11.5. The summed E-state index contributed by atoms with van der Waals surface area (Å²) in [7, 11) is 0. The van der Waals surface area contributed by atoms with Crippen molar-refractivity contribution in [2.24, 2.45) is 10.8 Å². The number of hydrogen-bond acceptors (Lipinski definition) is 4. The van der Waals surface area contributed by atoms with Crippen LogP contribution in [0.5, 0.6) is 0 Å². The maximum atomic E-state index is 12.1. The van der Waals surface area contributed by atoms with E-state index in [-0.39, 0.29) is 0 Å². The molecule has 1 N–H and O–H groups in total. The Balaban J connectivity index is 2.10. The second-order valence-electron chi connectivity index (χ2n) is 7.87. The summed E-state index contributed by atoms with van der Waals surface area (Å²) in [6, 6.07) is 7.62. The number of benzene rings is 1. The molecule has 1 aromatic rings. The number of fused-ring (bicyclic) bond motifs is 2. The summed E-state index contributed by atoms with van der Waals surface area (Å²) in [6.07, 6.45) is -0.597. The molecule has 4 heteroatoms. The molecule has 126 valence electrons. The van der Waals surface area contributed by atoms with E-state index >= 15 is 0 Å². The van der Waals surface area contributed by atoms with Gasteiger partial charge in [-0.3, -0.25) is 0 Å². The van der Waals surface area contributed by atoms with Gasteiger partial charge in [-0.2, -0.15) is 0 Å². The normalized spacial score (nSPS) is 39.0. The zero-order valence-corrected chi connectivity index (χ0v) is 14.3. The van der Waals surface area contributed by atoms with E-state index in [1.165, 1.54) is 0 Å². The lowest BCUT2D eigenvalue weighted by Crippen LogP contribution is -2.58. The lowest BCUT2D eigenvalue weighted by molar-refractivity contribution is -0.122. The first-order valence-electron chi connectivity index (χ1n) is 8.35. The van der Waals surface area contributed by atoms with Gasteiger partial charge in [0.15, 0.2) is 11.7 Å². The maximum Gasteiger partial charge on any atom is 0.509 e. The van der Waals surface area contributed by atoms with Crippen LogP contribution in [0.1, 0.15) is 56.9 Å². The third kappa shape index (κ3) is 1.56. The number of aliphatic hydroxyl groups is 1. The van der Waals surface area contributed by atoms with Crippen molar-refractivity contribution < 1.29 is 19.4 Å². The largest absolute Gasteiger partial charge is 0.509 e. The van der Waals surface area contributed by atoms with Gasteiger partial charge in [0.25, 0.3) is 0 Å². The fourth-order valence-electron chi connectivity index (χ4n) is 5.22. The van der Waals surface area contributed by atoms with Crippen molar-refractivity contribution in [3.05, 3.63) is 53.3 Å². The Morgan fingerprint density at radius 2 is 1.88 bits per heavy atom. The molecule has 0 radical (unpaired) electrons. The molecular formula is C20H22O4. The SMILES string of the molecule is C=C=C1C(C)(C)[C@@]23CC[C@]1(C)[C@@H](O)c1ccccc1[C@@H]2OC(=O)O3. The molecule has 4 atom stereocenters. The highest BCUT2D eigenvalue weighted by Crippen LogP contribution is 2.67. The monoisotopic (exact) mass is 326 g/mol. The Morgan fingerprint density at radius 1 is 1.21 bits per heavy atom. The summed E-state index contributed by atoms with van der Waals surface area (Å²) in [5.41, 5.74) is 3.73. The van der Waals surface area contributed by atoms with E-state index in [1.807, 2.05) is 38.1 Å². The summed E-state index contributed by atoms with van der Waals surface area (Å²) in [5, 5.41) is 11.3. The minimum absolute atomic E-state index is 0.507. The maximum absolute atomic E-state index is 12.1. The molecule has 4 aliphatic rings. The Labute approximate surface area is 141 Å². The van der Waals surface area contributed by atoms with Gasteiger partial charge >= 0.3 is 6.16 Å². The quantitative estimate of drug-likeness (QED) is 0.573. The fourth-order valence-corrected chi connectivity index (χ4v) is 5.22. The average molecular weight is 326 g/mol. The molecule has 2 fully saturated rings. The minimum Gasteiger partial charge on any atom is -0.422 e. The van der Waals surface area contributed by atoms with Gasteiger partial charge in [-0.1, -0.05) is 51.6 Å². The molecule has 4 nitrogen and oxygen atoms in total. The Hall–Kier alpha value is -2.03. The zero-order chi connectivity index (χ0) is 17.3. The molecule has 0 amide bonds. The van der Waals surface area contributed by atoms with Gasteiger partial charge in [0.1, 0.15) is 0 Å². The predicted molar refractivity (Wildman–Crippen MR) is 88.2 cm³/mol. The van der Waals surface area contributed by atoms with Crippen molar-refractivity contribution in [2.75, 3.05) is 0 Å². The molecule has 1 aliphatic heterocycles. The van der Waals surface area contributed by atoms with E-state index in [0.29, 0.717) is 12.8 Å². The predicted octanol–water partition coefficient (Wildman–Crippen LogP) is 4.22. The van der Waals surface area contributed by atoms with Crippen LogP contribution >= 0.6 is 0 Å². The Bertz CT molecular complexity index is 789. The van der Waals surface area contributed by atoms with Gasteiger partial charge in [0.2, 0.25) is 0 Å². The lowest BCUT2D eigenvalue weighted by Gasteiger charge is -2.57. The topological polar surface area (TPSA) is 55.8 Å². The lowest BCUT2D eigenvalue weighted by atomic mass is 9.48. The average Bonchev–Trinajstić information content (AvgIpc) is 2.88. The van der Waals surface area contributed by atoms with E-state index in [2.05, 4.69) is 19.2 Å². The molecule has 1 saturated heterocycles. The molecule has 2 bridgehead atoms. The number of rotatable bonds is 0. The van der Waals surface area contributed by atoms with Crippen LogP contribution in [0.15, 0.2) is 42.1 Å². The number of aliphatic hydroxyl groups excluding tert-OH is 1. The Morgan fingerprint density at radius 3 is 2.54 bits per heavy atom. The molecular weight excluding hydrogens is 304 g/mol. The fraction of sp³-hybridized carbons (Fsp3) is 0.500. The van der Waals surface area contributed by atoms with Crippen LogP contribution in [0.4, 0.5) is 4.79 Å². The molecule has 1 heterocycles. The van der Waals surface area contributed by atoms with Crippen LogP contribution in [-0.2, 0) is 9.47 Å². The third-order valence-corrected chi connectivity index (χ3v) is 6.53. The molecule has 3 aliphatic carbocycles. The van der Waals surface area contributed by atoms with Gasteiger partial charge < -0.3 is 14.6 Å². The highest BCUT2D eigenvalue weighted by atomic mass is 16.8. The van der Waals surface area contributed by atoms with Crippen LogP contribution < -0.4 is 0 Å². The molecule has 5 rings (SSSR count). The number of carbonyl (C=O) groups is 1. The van der Waals surface area contributed by atoms with Crippen molar-refractivity contribution in [2.45, 2.75) is 51.4 Å². The standard InChI is InChI=1S/C20H22O4/c1-5-14-18(2,3)20-11-10-19(14,4)15(21)12-8-6-7-9-13(12)16(20)23-17(22)24-20/h6-9,15-16,21H,1,10-11H2,2-4H3/t15-,16-,19-,20+/m0/s1. The summed E-state index contributed by atoms with van der Waals surface area (Å²) >= 11 is 0. The highest BCUT2D eigenvalue weighted by molar-refractivity contribution is 5.66. The van der Waals surface area contributed by atoms with Crippen molar-refractivity contribution in [3.63, 3.8) is 0 Å². The van der Waals surface area contributed by atoms with Crippen molar-refractivity contribution >= 4 is 6.16 Å².